The van der Waals surface area contributed by atoms with Gasteiger partial charge in [-0.05, 0) is 24.1 Å². The van der Waals surface area contributed by atoms with Crippen molar-refractivity contribution in [3.8, 4) is 0 Å². The maximum Gasteiger partial charge on any atom is 0.250 e. The van der Waals surface area contributed by atoms with E-state index in [-0.39, 0.29) is 0 Å². The fraction of sp³-hybridized carbons (Fsp3) is 0.556. The third-order valence-electron chi connectivity index (χ3n) is 3.70. The van der Waals surface area contributed by atoms with Crippen molar-refractivity contribution < 1.29 is 14.2 Å². The van der Waals surface area contributed by atoms with Crippen molar-refractivity contribution >= 4 is 15.6 Å². The van der Waals surface area contributed by atoms with Crippen LogP contribution in [0, 0.1) is 0 Å². The predicted molar refractivity (Wildman–Crippen MR) is 100 cm³/mol. The molecule has 24 heavy (non-hydrogen) atoms. The Hall–Kier alpha value is -1.02. The van der Waals surface area contributed by atoms with Gasteiger partial charge < -0.3 is 24.8 Å². The van der Waals surface area contributed by atoms with E-state index in [9.17, 15) is 0 Å². The minimum Gasteiger partial charge on any atom is -0.335 e. The Bertz CT molecular complexity index is 442. The molecule has 0 aromatic heterocycles. The van der Waals surface area contributed by atoms with Gasteiger partial charge in [-0.1, -0.05) is 43.0 Å². The van der Waals surface area contributed by atoms with Gasteiger partial charge in [0.25, 0.3) is 5.60 Å². The Morgan fingerprint density at radius 3 is 2.21 bits per heavy atom. The van der Waals surface area contributed by atoms with Crippen LogP contribution in [0.25, 0.3) is 6.08 Å². The average Bonchev–Trinajstić information content (AvgIpc) is 2.64. The van der Waals surface area contributed by atoms with Crippen molar-refractivity contribution in [3.63, 3.8) is 0 Å². The minimum atomic E-state index is -0.872. The van der Waals surface area contributed by atoms with E-state index in [0.29, 0.717) is 9.52 Å². The average molecular weight is 351 g/mol. The molecule has 0 aliphatic carbocycles. The SMILES string of the molecule is C=Cc1ccc(CNCCNCCC[Si]C(OC)(OC)OC)cc1. The molecule has 2 N–H and O–H groups in total. The summed E-state index contributed by atoms with van der Waals surface area (Å²) in [5, 5.41) is 6.87. The molecule has 2 radical (unpaired) electrons. The molecule has 1 rings (SSSR count). The molecule has 0 aliphatic rings. The molecule has 1 aromatic carbocycles. The molecular formula is C18H30N2O3Si. The minimum absolute atomic E-state index is 0.456. The molecule has 0 spiro atoms. The van der Waals surface area contributed by atoms with E-state index in [0.717, 1.165) is 44.2 Å². The normalized spacial score (nSPS) is 11.6. The van der Waals surface area contributed by atoms with Crippen LogP contribution in [-0.2, 0) is 20.8 Å². The Kier molecular flexibility index (Phi) is 10.8. The molecule has 6 heteroatoms. The largest absolute Gasteiger partial charge is 0.335 e. The topological polar surface area (TPSA) is 51.8 Å². The van der Waals surface area contributed by atoms with Crippen LogP contribution in [0.2, 0.25) is 6.04 Å². The second kappa shape index (κ2) is 12.4. The van der Waals surface area contributed by atoms with Crippen molar-refractivity contribution in [2.24, 2.45) is 0 Å². The van der Waals surface area contributed by atoms with Crippen molar-refractivity contribution in [1.29, 1.82) is 0 Å². The van der Waals surface area contributed by atoms with Crippen molar-refractivity contribution in [2.75, 3.05) is 41.0 Å². The Labute approximate surface area is 148 Å². The van der Waals surface area contributed by atoms with Crippen molar-refractivity contribution in [2.45, 2.75) is 24.6 Å². The molecule has 5 nitrogen and oxygen atoms in total. The number of hydrogen-bond donors (Lipinski definition) is 2. The monoisotopic (exact) mass is 350 g/mol. The third kappa shape index (κ3) is 7.70. The molecule has 0 unspecified atom stereocenters. The summed E-state index contributed by atoms with van der Waals surface area (Å²) in [5.74, 6) is 0. The fourth-order valence-electron chi connectivity index (χ4n) is 2.23. The first-order valence-electron chi connectivity index (χ1n) is 8.23. The van der Waals surface area contributed by atoms with E-state index in [1.54, 1.807) is 21.3 Å². The van der Waals surface area contributed by atoms with Gasteiger partial charge in [0, 0.05) is 41.0 Å². The van der Waals surface area contributed by atoms with Gasteiger partial charge in [0.05, 0.1) is 0 Å². The summed E-state index contributed by atoms with van der Waals surface area (Å²) < 4.78 is 15.9. The zero-order chi connectivity index (χ0) is 17.7. The van der Waals surface area contributed by atoms with Gasteiger partial charge >= 0.3 is 0 Å². The zero-order valence-corrected chi connectivity index (χ0v) is 16.1. The van der Waals surface area contributed by atoms with Crippen LogP contribution >= 0.6 is 0 Å². The smallest absolute Gasteiger partial charge is 0.250 e. The summed E-state index contributed by atoms with van der Waals surface area (Å²) >= 11 is 0. The lowest BCUT2D eigenvalue weighted by Gasteiger charge is -2.28. The van der Waals surface area contributed by atoms with Crippen LogP contribution in [0.1, 0.15) is 17.5 Å². The summed E-state index contributed by atoms with van der Waals surface area (Å²) in [5.41, 5.74) is 1.57. The van der Waals surface area contributed by atoms with E-state index in [4.69, 9.17) is 14.2 Å². The van der Waals surface area contributed by atoms with E-state index in [1.807, 2.05) is 6.08 Å². The maximum atomic E-state index is 5.28. The second-order valence-electron chi connectivity index (χ2n) is 5.32. The van der Waals surface area contributed by atoms with Crippen LogP contribution in [0.4, 0.5) is 0 Å². The first-order chi connectivity index (χ1) is 11.7. The highest BCUT2D eigenvalue weighted by atomic mass is 28.2. The highest BCUT2D eigenvalue weighted by molar-refractivity contribution is 6.38. The quantitative estimate of drug-likeness (QED) is 0.306. The first kappa shape index (κ1) is 21.0. The molecule has 0 atom stereocenters. The molecule has 0 heterocycles. The molecule has 134 valence electrons. The van der Waals surface area contributed by atoms with E-state index >= 15 is 0 Å². The van der Waals surface area contributed by atoms with Crippen LogP contribution in [0.15, 0.2) is 30.8 Å². The first-order valence-corrected chi connectivity index (χ1v) is 9.43. The Morgan fingerprint density at radius 1 is 1.00 bits per heavy atom. The zero-order valence-electron chi connectivity index (χ0n) is 15.1. The summed E-state index contributed by atoms with van der Waals surface area (Å²) in [7, 11) is 5.27. The lowest BCUT2D eigenvalue weighted by molar-refractivity contribution is -0.294. The molecule has 0 aliphatic heterocycles. The molecule has 0 bridgehead atoms. The molecule has 0 amide bonds. The molecular weight excluding hydrogens is 320 g/mol. The summed E-state index contributed by atoms with van der Waals surface area (Å²) in [6.45, 7) is 7.54. The van der Waals surface area contributed by atoms with Crippen LogP contribution in [-0.4, -0.2) is 56.1 Å². The van der Waals surface area contributed by atoms with Gasteiger partial charge in [-0.25, -0.2) is 0 Å². The highest BCUT2D eigenvalue weighted by Gasteiger charge is 2.29. The molecule has 1 aromatic rings. The Balaban J connectivity index is 2.01. The van der Waals surface area contributed by atoms with E-state index in [1.165, 1.54) is 5.56 Å². The second-order valence-corrected chi connectivity index (χ2v) is 6.79. The predicted octanol–water partition coefficient (Wildman–Crippen LogP) is 2.07. The number of hydrogen-bond acceptors (Lipinski definition) is 5. The third-order valence-corrected chi connectivity index (χ3v) is 5.35. The maximum absolute atomic E-state index is 5.28. The van der Waals surface area contributed by atoms with E-state index in [2.05, 4.69) is 41.5 Å². The van der Waals surface area contributed by atoms with Gasteiger partial charge in [-0.2, -0.15) is 0 Å². The lowest BCUT2D eigenvalue weighted by Crippen LogP contribution is -2.42. The number of nitrogens with one attached hydrogen (secondary N) is 2. The van der Waals surface area contributed by atoms with Gasteiger partial charge in [0.2, 0.25) is 0 Å². The fourth-order valence-corrected chi connectivity index (χ4v) is 3.32. The molecule has 0 saturated heterocycles. The van der Waals surface area contributed by atoms with Gasteiger partial charge in [0.15, 0.2) is 9.52 Å². The van der Waals surface area contributed by atoms with Gasteiger partial charge in [-0.3, -0.25) is 0 Å². The van der Waals surface area contributed by atoms with Crippen LogP contribution in [0.5, 0.6) is 0 Å². The lowest BCUT2D eigenvalue weighted by atomic mass is 10.1. The summed E-state index contributed by atoms with van der Waals surface area (Å²) in [4.78, 5) is 0. The number of benzene rings is 1. The Morgan fingerprint density at radius 2 is 1.62 bits per heavy atom. The molecule has 0 fully saturated rings. The van der Waals surface area contributed by atoms with Crippen molar-refractivity contribution in [3.05, 3.63) is 42.0 Å². The molecule has 0 saturated carbocycles. The standard InChI is InChI=1S/C18H30N2O3Si/c1-5-16-7-9-17(10-8-16)15-20-13-12-19-11-6-14-24-18(21-2,22-3)23-4/h5,7-10,19-20H,1,6,11-15H2,2-4H3. The van der Waals surface area contributed by atoms with Gasteiger partial charge in [-0.15, -0.1) is 0 Å². The van der Waals surface area contributed by atoms with Gasteiger partial charge in [0.1, 0.15) is 0 Å². The number of rotatable bonds is 14. The van der Waals surface area contributed by atoms with Crippen molar-refractivity contribution in [1.82, 2.24) is 10.6 Å². The van der Waals surface area contributed by atoms with Crippen LogP contribution < -0.4 is 10.6 Å². The van der Waals surface area contributed by atoms with E-state index < -0.39 is 5.60 Å². The summed E-state index contributed by atoms with van der Waals surface area (Å²) in [6.07, 6.45) is 2.93. The highest BCUT2D eigenvalue weighted by Crippen LogP contribution is 2.12. The summed E-state index contributed by atoms with van der Waals surface area (Å²) in [6, 6.07) is 9.44. The van der Waals surface area contributed by atoms with Crippen LogP contribution in [0.3, 0.4) is 0 Å². The number of ether oxygens (including phenoxy) is 3. The number of methoxy groups -OCH3 is 3.